The van der Waals surface area contributed by atoms with Gasteiger partial charge >= 0.3 is 0 Å². The van der Waals surface area contributed by atoms with Crippen LogP contribution in [-0.4, -0.2) is 57.9 Å². The fourth-order valence-corrected chi connectivity index (χ4v) is 4.19. The molecule has 162 valence electrons. The van der Waals surface area contributed by atoms with Crippen molar-refractivity contribution in [3.05, 3.63) is 11.9 Å². The Morgan fingerprint density at radius 1 is 1.21 bits per heavy atom. The standard InChI is InChI=1S/C21H35N5O3/c1-20(2,3)14-18(27)25-11-7-21(8-12-25)6-4-5-10-26-15-17(23-24-26)16-29-13-9-22-19(21)28/h15H,4-14,16H2,1-3H3,(H,22,28). The molecule has 29 heavy (non-hydrogen) atoms. The topological polar surface area (TPSA) is 89.3 Å². The molecule has 0 aliphatic carbocycles. The minimum Gasteiger partial charge on any atom is -0.373 e. The van der Waals surface area contributed by atoms with Gasteiger partial charge in [0, 0.05) is 32.6 Å². The molecule has 2 aliphatic rings. The van der Waals surface area contributed by atoms with E-state index in [4.69, 9.17) is 4.74 Å². The number of nitrogens with zero attached hydrogens (tertiary/aromatic N) is 4. The number of fused-ring (bicyclic) bond motifs is 2. The maximum absolute atomic E-state index is 13.1. The average molecular weight is 406 g/mol. The largest absolute Gasteiger partial charge is 0.373 e. The first-order valence-corrected chi connectivity index (χ1v) is 10.8. The third kappa shape index (κ3) is 6.01. The molecule has 3 heterocycles. The Labute approximate surface area is 173 Å². The number of rotatable bonds is 1. The highest BCUT2D eigenvalue weighted by molar-refractivity contribution is 5.83. The summed E-state index contributed by atoms with van der Waals surface area (Å²) < 4.78 is 7.46. The van der Waals surface area contributed by atoms with Crippen LogP contribution in [0.2, 0.25) is 0 Å². The maximum Gasteiger partial charge on any atom is 0.226 e. The molecular formula is C21H35N5O3. The lowest BCUT2D eigenvalue weighted by Gasteiger charge is -2.41. The van der Waals surface area contributed by atoms with Gasteiger partial charge in [-0.15, -0.1) is 5.10 Å². The number of carbonyl (C=O) groups is 2. The summed E-state index contributed by atoms with van der Waals surface area (Å²) in [5.74, 6) is 0.307. The van der Waals surface area contributed by atoms with Crippen LogP contribution in [0.25, 0.3) is 0 Å². The van der Waals surface area contributed by atoms with E-state index in [0.717, 1.165) is 44.3 Å². The van der Waals surface area contributed by atoms with Gasteiger partial charge in [0.25, 0.3) is 0 Å². The van der Waals surface area contributed by atoms with E-state index in [2.05, 4.69) is 36.4 Å². The summed E-state index contributed by atoms with van der Waals surface area (Å²) in [6.07, 6.45) is 6.66. The molecule has 0 saturated carbocycles. The van der Waals surface area contributed by atoms with Crippen molar-refractivity contribution in [2.45, 2.75) is 72.4 Å². The van der Waals surface area contributed by atoms with E-state index in [1.54, 1.807) is 0 Å². The van der Waals surface area contributed by atoms with Gasteiger partial charge in [0.1, 0.15) is 5.69 Å². The number of ether oxygens (including phenoxy) is 1. The summed E-state index contributed by atoms with van der Waals surface area (Å²) in [4.78, 5) is 27.6. The van der Waals surface area contributed by atoms with Crippen molar-refractivity contribution in [2.75, 3.05) is 26.2 Å². The highest BCUT2D eigenvalue weighted by atomic mass is 16.5. The van der Waals surface area contributed by atoms with Crippen LogP contribution in [0.3, 0.4) is 0 Å². The van der Waals surface area contributed by atoms with Crippen molar-refractivity contribution in [3.8, 4) is 0 Å². The second-order valence-corrected chi connectivity index (χ2v) is 9.64. The van der Waals surface area contributed by atoms with E-state index < -0.39 is 5.41 Å². The van der Waals surface area contributed by atoms with E-state index in [1.807, 2.05) is 15.8 Å². The molecule has 1 saturated heterocycles. The summed E-state index contributed by atoms with van der Waals surface area (Å²) >= 11 is 0. The predicted octanol–water partition coefficient (Wildman–Crippen LogP) is 2.14. The lowest BCUT2D eigenvalue weighted by atomic mass is 9.73. The Balaban J connectivity index is 1.62. The molecule has 8 nitrogen and oxygen atoms in total. The molecule has 2 bridgehead atoms. The zero-order valence-corrected chi connectivity index (χ0v) is 18.1. The lowest BCUT2D eigenvalue weighted by Crippen LogP contribution is -2.51. The van der Waals surface area contributed by atoms with E-state index in [1.165, 1.54) is 0 Å². The smallest absolute Gasteiger partial charge is 0.226 e. The lowest BCUT2D eigenvalue weighted by molar-refractivity contribution is -0.142. The van der Waals surface area contributed by atoms with Crippen molar-refractivity contribution in [3.63, 3.8) is 0 Å². The first-order valence-electron chi connectivity index (χ1n) is 10.8. The van der Waals surface area contributed by atoms with Gasteiger partial charge in [0.05, 0.1) is 24.8 Å². The molecule has 0 aromatic carbocycles. The molecule has 3 rings (SSSR count). The van der Waals surface area contributed by atoms with Gasteiger partial charge in [-0.25, -0.2) is 0 Å². The third-order valence-corrected chi connectivity index (χ3v) is 5.90. The average Bonchev–Trinajstić information content (AvgIpc) is 3.11. The highest BCUT2D eigenvalue weighted by Gasteiger charge is 2.41. The first-order chi connectivity index (χ1) is 13.8. The van der Waals surface area contributed by atoms with Crippen LogP contribution in [0, 0.1) is 10.8 Å². The third-order valence-electron chi connectivity index (χ3n) is 5.90. The number of nitrogens with one attached hydrogen (secondary N) is 1. The monoisotopic (exact) mass is 405 g/mol. The summed E-state index contributed by atoms with van der Waals surface area (Å²) in [6, 6.07) is 0. The summed E-state index contributed by atoms with van der Waals surface area (Å²) in [5, 5.41) is 11.3. The van der Waals surface area contributed by atoms with Crippen LogP contribution in [0.1, 0.15) is 65.0 Å². The van der Waals surface area contributed by atoms with Gasteiger partial charge in [-0.1, -0.05) is 32.4 Å². The number of piperidine rings is 1. The number of hydrogen-bond donors (Lipinski definition) is 1. The molecule has 1 aromatic heterocycles. The Morgan fingerprint density at radius 2 is 1.97 bits per heavy atom. The molecule has 2 aliphatic heterocycles. The summed E-state index contributed by atoms with van der Waals surface area (Å²) in [7, 11) is 0. The Hall–Kier alpha value is -1.96. The summed E-state index contributed by atoms with van der Waals surface area (Å²) in [5.41, 5.74) is 0.405. The van der Waals surface area contributed by atoms with E-state index in [9.17, 15) is 9.59 Å². The molecule has 0 atom stereocenters. The van der Waals surface area contributed by atoms with Crippen LogP contribution in [-0.2, 0) is 27.5 Å². The van der Waals surface area contributed by atoms with Crippen molar-refractivity contribution in [2.24, 2.45) is 10.8 Å². The maximum atomic E-state index is 13.1. The minimum atomic E-state index is -0.393. The Morgan fingerprint density at radius 3 is 2.69 bits per heavy atom. The minimum absolute atomic E-state index is 0.0187. The highest BCUT2D eigenvalue weighted by Crippen LogP contribution is 2.37. The fraction of sp³-hybridized carbons (Fsp3) is 0.810. The van der Waals surface area contributed by atoms with Crippen molar-refractivity contribution in [1.29, 1.82) is 0 Å². The van der Waals surface area contributed by atoms with Crippen LogP contribution in [0.4, 0.5) is 0 Å². The zero-order chi connectivity index (χ0) is 20.9. The number of aromatic nitrogens is 3. The van der Waals surface area contributed by atoms with Crippen LogP contribution < -0.4 is 5.32 Å². The zero-order valence-electron chi connectivity index (χ0n) is 18.1. The van der Waals surface area contributed by atoms with Crippen LogP contribution in [0.5, 0.6) is 0 Å². The molecule has 8 heteroatoms. The number of amides is 2. The van der Waals surface area contributed by atoms with Gasteiger partial charge in [-0.3, -0.25) is 14.3 Å². The molecule has 1 spiro atoms. The number of hydrogen-bond acceptors (Lipinski definition) is 5. The number of likely N-dealkylation sites (tertiary alicyclic amines) is 1. The Bertz CT molecular complexity index is 701. The molecule has 2 amide bonds. The quantitative estimate of drug-likeness (QED) is 0.773. The van der Waals surface area contributed by atoms with Gasteiger partial charge in [-0.2, -0.15) is 0 Å². The summed E-state index contributed by atoms with van der Waals surface area (Å²) in [6.45, 7) is 9.71. The SMILES string of the molecule is CC(C)(C)CC(=O)N1CCC2(CCCCn3cc(nn3)COCCNC2=O)CC1. The normalized spacial score (nSPS) is 21.5. The van der Waals surface area contributed by atoms with Crippen LogP contribution in [0.15, 0.2) is 6.20 Å². The fourth-order valence-electron chi connectivity index (χ4n) is 4.19. The van der Waals surface area contributed by atoms with Crippen molar-refractivity contribution >= 4 is 11.8 Å². The van der Waals surface area contributed by atoms with Gasteiger partial charge in [0.2, 0.25) is 11.8 Å². The van der Waals surface area contributed by atoms with E-state index in [-0.39, 0.29) is 17.2 Å². The second-order valence-electron chi connectivity index (χ2n) is 9.64. The molecule has 1 aromatic rings. The van der Waals surface area contributed by atoms with Gasteiger partial charge in [-0.05, 0) is 31.1 Å². The van der Waals surface area contributed by atoms with E-state index in [0.29, 0.717) is 39.3 Å². The van der Waals surface area contributed by atoms with Crippen molar-refractivity contribution < 1.29 is 14.3 Å². The van der Waals surface area contributed by atoms with Gasteiger partial charge in [0.15, 0.2) is 0 Å². The molecule has 0 unspecified atom stereocenters. The molecule has 0 radical (unpaired) electrons. The Kier molecular flexibility index (Phi) is 6.93. The predicted molar refractivity (Wildman–Crippen MR) is 109 cm³/mol. The molecule has 1 N–H and O–H groups in total. The number of aryl methyl sites for hydroxylation is 1. The van der Waals surface area contributed by atoms with E-state index >= 15 is 0 Å². The first kappa shape index (κ1) is 21.7. The molecular weight excluding hydrogens is 370 g/mol. The molecule has 1 fully saturated rings. The second kappa shape index (κ2) is 9.24. The van der Waals surface area contributed by atoms with Gasteiger partial charge < -0.3 is 15.0 Å². The van der Waals surface area contributed by atoms with Crippen molar-refractivity contribution in [1.82, 2.24) is 25.2 Å². The van der Waals surface area contributed by atoms with Crippen LogP contribution >= 0.6 is 0 Å². The number of carbonyl (C=O) groups excluding carboxylic acids is 2.